The molecule has 0 bridgehead atoms. The van der Waals surface area contributed by atoms with E-state index in [0.29, 0.717) is 5.69 Å². The third kappa shape index (κ3) is 6.00. The van der Waals surface area contributed by atoms with Gasteiger partial charge in [-0.1, -0.05) is 13.0 Å². The van der Waals surface area contributed by atoms with Gasteiger partial charge in [0.25, 0.3) is 0 Å². The van der Waals surface area contributed by atoms with Gasteiger partial charge < -0.3 is 15.6 Å². The van der Waals surface area contributed by atoms with Crippen LogP contribution in [-0.2, 0) is 4.74 Å². The molecular weight excluding hydrogens is 232 g/mol. The van der Waals surface area contributed by atoms with Gasteiger partial charge in [0.1, 0.15) is 0 Å². The topological polar surface area (TPSA) is 84.9 Å². The first-order valence-corrected chi connectivity index (χ1v) is 5.59. The normalized spacial score (nSPS) is 9.94. The molecule has 0 saturated carbocycles. The van der Waals surface area contributed by atoms with Crippen LogP contribution in [-0.4, -0.2) is 38.1 Å². The lowest BCUT2D eigenvalue weighted by Gasteiger charge is -2.01. The second-order valence-corrected chi connectivity index (χ2v) is 3.59. The molecule has 0 aliphatic heterocycles. The van der Waals surface area contributed by atoms with Gasteiger partial charge in [-0.3, -0.25) is 4.99 Å². The highest BCUT2D eigenvalue weighted by molar-refractivity contribution is 5.93. The van der Waals surface area contributed by atoms with Gasteiger partial charge in [-0.25, -0.2) is 4.79 Å². The Hall–Kier alpha value is -1.88. The third-order valence-corrected chi connectivity index (χ3v) is 1.92. The number of carboxylic acid groups (broad SMARTS) is 1. The number of nitrogens with zero attached hydrogens (tertiary/aromatic N) is 1. The number of nitrogen functional groups attached to an aromatic ring is 1. The first-order valence-electron chi connectivity index (χ1n) is 5.59. The van der Waals surface area contributed by atoms with Crippen LogP contribution in [0, 0.1) is 0 Å². The van der Waals surface area contributed by atoms with Crippen molar-refractivity contribution in [2.75, 3.05) is 26.5 Å². The van der Waals surface area contributed by atoms with Gasteiger partial charge >= 0.3 is 5.97 Å². The lowest BCUT2D eigenvalue weighted by molar-refractivity contribution is 0.0697. The minimum Gasteiger partial charge on any atom is -0.478 e. The van der Waals surface area contributed by atoms with Crippen molar-refractivity contribution in [3.63, 3.8) is 0 Å². The van der Waals surface area contributed by atoms with Crippen LogP contribution in [0.4, 0.5) is 5.69 Å². The molecule has 0 fully saturated rings. The van der Waals surface area contributed by atoms with Gasteiger partial charge in [0.2, 0.25) is 0 Å². The van der Waals surface area contributed by atoms with Crippen LogP contribution in [0.15, 0.2) is 23.2 Å². The fourth-order valence-corrected chi connectivity index (χ4v) is 1.12. The molecule has 0 saturated heterocycles. The summed E-state index contributed by atoms with van der Waals surface area (Å²) in [7, 11) is 3.25. The molecule has 0 atom stereocenters. The fourth-order valence-electron chi connectivity index (χ4n) is 1.12. The number of anilines is 1. The quantitative estimate of drug-likeness (QED) is 0.634. The molecule has 100 valence electrons. The van der Waals surface area contributed by atoms with Crippen LogP contribution in [0.2, 0.25) is 0 Å². The van der Waals surface area contributed by atoms with E-state index in [9.17, 15) is 4.79 Å². The molecule has 0 aromatic heterocycles. The smallest absolute Gasteiger partial charge is 0.335 e. The summed E-state index contributed by atoms with van der Waals surface area (Å²) in [5.41, 5.74) is 7.08. The number of carbonyl (C=O) groups is 1. The molecule has 0 amide bonds. The molecule has 0 aliphatic carbocycles. The minimum atomic E-state index is -0.973. The third-order valence-electron chi connectivity index (χ3n) is 1.92. The minimum absolute atomic E-state index is 0.195. The van der Waals surface area contributed by atoms with Crippen molar-refractivity contribution in [1.29, 1.82) is 0 Å². The zero-order valence-electron chi connectivity index (χ0n) is 11.0. The molecule has 0 heterocycles. The Morgan fingerprint density at radius 2 is 2.11 bits per heavy atom. The van der Waals surface area contributed by atoms with Crippen molar-refractivity contribution in [1.82, 2.24) is 0 Å². The van der Waals surface area contributed by atoms with Crippen LogP contribution in [0.3, 0.4) is 0 Å². The highest BCUT2D eigenvalue weighted by Gasteiger charge is 2.04. The van der Waals surface area contributed by atoms with E-state index in [-0.39, 0.29) is 5.56 Å². The molecule has 1 rings (SSSR count). The van der Waals surface area contributed by atoms with Gasteiger partial charge in [-0.2, -0.15) is 0 Å². The van der Waals surface area contributed by atoms with E-state index >= 15 is 0 Å². The van der Waals surface area contributed by atoms with E-state index < -0.39 is 5.97 Å². The van der Waals surface area contributed by atoms with Crippen LogP contribution in [0.5, 0.6) is 0 Å². The number of benzene rings is 1. The van der Waals surface area contributed by atoms with Crippen molar-refractivity contribution in [3.8, 4) is 0 Å². The van der Waals surface area contributed by atoms with E-state index in [1.807, 2.05) is 6.92 Å². The number of nitrogens with two attached hydrogens (primary N) is 1. The first kappa shape index (κ1) is 16.1. The van der Waals surface area contributed by atoms with Gasteiger partial charge in [0, 0.05) is 38.2 Å². The first-order chi connectivity index (χ1) is 8.56. The Bertz CT molecular complexity index is 403. The van der Waals surface area contributed by atoms with Crippen molar-refractivity contribution in [3.05, 3.63) is 29.3 Å². The Morgan fingerprint density at radius 3 is 2.56 bits per heavy atom. The summed E-state index contributed by atoms with van der Waals surface area (Å²) in [6.45, 7) is 2.79. The molecule has 1 aromatic rings. The molecule has 3 N–H and O–H groups in total. The summed E-state index contributed by atoms with van der Waals surface area (Å²) in [5, 5.41) is 8.73. The van der Waals surface area contributed by atoms with Crippen LogP contribution >= 0.6 is 0 Å². The zero-order valence-corrected chi connectivity index (χ0v) is 11.0. The second-order valence-electron chi connectivity index (χ2n) is 3.59. The number of carboxylic acids is 1. The summed E-state index contributed by atoms with van der Waals surface area (Å²) in [6.07, 6.45) is 2.65. The maximum absolute atomic E-state index is 10.6. The highest BCUT2D eigenvalue weighted by Crippen LogP contribution is 2.12. The van der Waals surface area contributed by atoms with E-state index in [4.69, 9.17) is 10.8 Å². The predicted octanol–water partition coefficient (Wildman–Crippen LogP) is 2.06. The number of hydrogen-bond donors (Lipinski definition) is 2. The highest BCUT2D eigenvalue weighted by atomic mass is 16.4. The molecule has 5 heteroatoms. The van der Waals surface area contributed by atoms with E-state index in [0.717, 1.165) is 18.5 Å². The van der Waals surface area contributed by atoms with Gasteiger partial charge in [0.05, 0.1) is 5.56 Å². The van der Waals surface area contributed by atoms with Crippen molar-refractivity contribution >= 4 is 17.9 Å². The standard InChI is InChI=1S/C11H14N2O2.C2H6O/c1-2-5-13-7-9-4-3-8(11(14)15)6-10(9)12;1-3-2/h3-4,6-7H,2,5,12H2,1H3,(H,14,15);1-2H3. The largest absolute Gasteiger partial charge is 0.478 e. The lowest BCUT2D eigenvalue weighted by atomic mass is 10.1. The summed E-state index contributed by atoms with van der Waals surface area (Å²) >= 11 is 0. The SMILES string of the molecule is CCCN=Cc1ccc(C(=O)O)cc1N.COC. The summed E-state index contributed by atoms with van der Waals surface area (Å²) in [4.78, 5) is 14.8. The van der Waals surface area contributed by atoms with E-state index in [2.05, 4.69) is 9.73 Å². The molecule has 1 aromatic carbocycles. The molecule has 5 nitrogen and oxygen atoms in total. The van der Waals surface area contributed by atoms with Crippen LogP contribution in [0.1, 0.15) is 29.3 Å². The van der Waals surface area contributed by atoms with Crippen LogP contribution in [0.25, 0.3) is 0 Å². The van der Waals surface area contributed by atoms with E-state index in [1.54, 1.807) is 26.5 Å². The average Bonchev–Trinajstić information content (AvgIpc) is 2.32. The number of methoxy groups -OCH3 is 1. The molecule has 0 aliphatic rings. The monoisotopic (exact) mass is 252 g/mol. The van der Waals surface area contributed by atoms with E-state index in [1.165, 1.54) is 12.1 Å². The lowest BCUT2D eigenvalue weighted by Crippen LogP contribution is -2.00. The molecule has 0 radical (unpaired) electrons. The Morgan fingerprint density at radius 1 is 1.50 bits per heavy atom. The molecule has 18 heavy (non-hydrogen) atoms. The predicted molar refractivity (Wildman–Crippen MR) is 73.5 cm³/mol. The molecular formula is C13H20N2O3. The Balaban J connectivity index is 0.000000873. The van der Waals surface area contributed by atoms with Gasteiger partial charge in [0.15, 0.2) is 0 Å². The molecule has 0 unspecified atom stereocenters. The fraction of sp³-hybridized carbons (Fsp3) is 0.385. The number of aromatic carboxylic acids is 1. The maximum atomic E-state index is 10.6. The summed E-state index contributed by atoms with van der Waals surface area (Å²) in [5.74, 6) is -0.973. The summed E-state index contributed by atoms with van der Waals surface area (Å²) < 4.78 is 4.25. The Labute approximate surface area is 107 Å². The number of hydrogen-bond acceptors (Lipinski definition) is 4. The van der Waals surface area contributed by atoms with Crippen molar-refractivity contribution in [2.45, 2.75) is 13.3 Å². The zero-order chi connectivity index (χ0) is 14.0. The van der Waals surface area contributed by atoms with Crippen molar-refractivity contribution < 1.29 is 14.6 Å². The van der Waals surface area contributed by atoms with Crippen LogP contribution < -0.4 is 5.73 Å². The Kier molecular flexibility index (Phi) is 8.22. The van der Waals surface area contributed by atoms with Gasteiger partial charge in [-0.15, -0.1) is 0 Å². The second kappa shape index (κ2) is 9.18. The molecule has 0 spiro atoms. The average molecular weight is 252 g/mol. The number of aliphatic imine (C=N–C) groups is 1. The number of ether oxygens (including phenoxy) is 1. The number of rotatable bonds is 4. The summed E-state index contributed by atoms with van der Waals surface area (Å²) in [6, 6.07) is 4.62. The maximum Gasteiger partial charge on any atom is 0.335 e. The van der Waals surface area contributed by atoms with Gasteiger partial charge in [-0.05, 0) is 18.6 Å². The van der Waals surface area contributed by atoms with Crippen molar-refractivity contribution in [2.24, 2.45) is 4.99 Å².